The molecule has 0 spiro atoms. The lowest BCUT2D eigenvalue weighted by atomic mass is 10.6. The normalized spacial score (nSPS) is 13.0. The zero-order valence-electron chi connectivity index (χ0n) is 9.61. The van der Waals surface area contributed by atoms with E-state index in [0.29, 0.717) is 39.6 Å². The van der Waals surface area contributed by atoms with E-state index in [-0.39, 0.29) is 6.61 Å². The highest BCUT2D eigenvalue weighted by molar-refractivity contribution is 4.40. The first kappa shape index (κ1) is 14.8. The smallest absolute Gasteiger partial charge is 0.180 e. The van der Waals surface area contributed by atoms with E-state index in [1.165, 1.54) is 0 Å². The summed E-state index contributed by atoms with van der Waals surface area (Å²) in [6.45, 7) is 6.96. The molecule has 5 heteroatoms. The lowest BCUT2D eigenvalue weighted by Crippen LogP contribution is -2.23. The Balaban J connectivity index is 3.14. The molecule has 1 atom stereocenters. The molecule has 5 nitrogen and oxygen atoms in total. The molecule has 0 aromatic heterocycles. The largest absolute Gasteiger partial charge is 0.391 e. The standard InChI is InChI=1S/C10H22O5/c1-3-12-5-6-13-7-8-15-10(9-11)14-4-2/h10-11H,3-9H2,1-2H3. The van der Waals surface area contributed by atoms with Gasteiger partial charge in [-0.2, -0.15) is 0 Å². The molecule has 0 heterocycles. The second-order valence-corrected chi connectivity index (χ2v) is 2.75. The summed E-state index contributed by atoms with van der Waals surface area (Å²) in [5.41, 5.74) is 0. The molecule has 0 amide bonds. The third-order valence-electron chi connectivity index (χ3n) is 1.61. The molecular formula is C10H22O5. The summed E-state index contributed by atoms with van der Waals surface area (Å²) in [6.07, 6.45) is -0.537. The molecule has 0 aliphatic rings. The van der Waals surface area contributed by atoms with Crippen molar-refractivity contribution in [2.75, 3.05) is 46.2 Å². The number of ether oxygens (including phenoxy) is 4. The average Bonchev–Trinajstić information content (AvgIpc) is 2.26. The number of aliphatic hydroxyl groups excluding tert-OH is 1. The van der Waals surface area contributed by atoms with Gasteiger partial charge in [-0.3, -0.25) is 0 Å². The van der Waals surface area contributed by atoms with Gasteiger partial charge in [0, 0.05) is 13.2 Å². The van der Waals surface area contributed by atoms with Crippen molar-refractivity contribution in [2.24, 2.45) is 0 Å². The first-order valence-corrected chi connectivity index (χ1v) is 5.34. The van der Waals surface area contributed by atoms with E-state index in [4.69, 9.17) is 24.1 Å². The molecule has 0 aromatic rings. The maximum absolute atomic E-state index is 8.82. The monoisotopic (exact) mass is 222 g/mol. The lowest BCUT2D eigenvalue weighted by molar-refractivity contribution is -0.167. The third kappa shape index (κ3) is 10.1. The Labute approximate surface area is 91.3 Å². The van der Waals surface area contributed by atoms with Crippen LogP contribution in [0.1, 0.15) is 13.8 Å². The minimum atomic E-state index is -0.537. The molecule has 1 unspecified atom stereocenters. The Bertz CT molecular complexity index is 120. The first-order valence-electron chi connectivity index (χ1n) is 5.34. The molecule has 0 bridgehead atoms. The fourth-order valence-corrected chi connectivity index (χ4v) is 0.942. The molecule has 0 saturated carbocycles. The van der Waals surface area contributed by atoms with Crippen molar-refractivity contribution in [3.63, 3.8) is 0 Å². The van der Waals surface area contributed by atoms with Crippen LogP contribution in [0.4, 0.5) is 0 Å². The van der Waals surface area contributed by atoms with Crippen molar-refractivity contribution in [1.29, 1.82) is 0 Å². The van der Waals surface area contributed by atoms with Gasteiger partial charge in [0.25, 0.3) is 0 Å². The van der Waals surface area contributed by atoms with Crippen LogP contribution >= 0.6 is 0 Å². The van der Waals surface area contributed by atoms with Gasteiger partial charge in [0.15, 0.2) is 6.29 Å². The summed E-state index contributed by atoms with van der Waals surface area (Å²) in [5.74, 6) is 0. The zero-order chi connectivity index (χ0) is 11.4. The fourth-order valence-electron chi connectivity index (χ4n) is 0.942. The zero-order valence-corrected chi connectivity index (χ0v) is 9.61. The van der Waals surface area contributed by atoms with Crippen molar-refractivity contribution in [3.05, 3.63) is 0 Å². The molecule has 0 aliphatic heterocycles. The summed E-state index contributed by atoms with van der Waals surface area (Å²) < 4.78 is 20.6. The van der Waals surface area contributed by atoms with Gasteiger partial charge in [-0.05, 0) is 13.8 Å². The van der Waals surface area contributed by atoms with Crippen molar-refractivity contribution < 1.29 is 24.1 Å². The van der Waals surface area contributed by atoms with E-state index in [1.807, 2.05) is 13.8 Å². The van der Waals surface area contributed by atoms with E-state index in [9.17, 15) is 0 Å². The van der Waals surface area contributed by atoms with Crippen molar-refractivity contribution in [2.45, 2.75) is 20.1 Å². The summed E-state index contributed by atoms with van der Waals surface area (Å²) in [5, 5.41) is 8.82. The van der Waals surface area contributed by atoms with E-state index < -0.39 is 6.29 Å². The summed E-state index contributed by atoms with van der Waals surface area (Å²) in [4.78, 5) is 0. The third-order valence-corrected chi connectivity index (χ3v) is 1.61. The highest BCUT2D eigenvalue weighted by atomic mass is 16.7. The SMILES string of the molecule is CCOCCOCCOC(CO)OCC. The van der Waals surface area contributed by atoms with Crippen LogP contribution in [0, 0.1) is 0 Å². The molecule has 1 N–H and O–H groups in total. The molecule has 15 heavy (non-hydrogen) atoms. The van der Waals surface area contributed by atoms with E-state index >= 15 is 0 Å². The van der Waals surface area contributed by atoms with Gasteiger partial charge < -0.3 is 24.1 Å². The molecule has 0 radical (unpaired) electrons. The van der Waals surface area contributed by atoms with Gasteiger partial charge in [0.1, 0.15) is 0 Å². The van der Waals surface area contributed by atoms with E-state index in [2.05, 4.69) is 0 Å². The first-order chi connectivity index (χ1) is 7.35. The summed E-state index contributed by atoms with van der Waals surface area (Å²) in [6, 6.07) is 0. The molecule has 0 rings (SSSR count). The van der Waals surface area contributed by atoms with Crippen LogP contribution in [0.3, 0.4) is 0 Å². The number of hydrogen-bond donors (Lipinski definition) is 1. The molecule has 0 aromatic carbocycles. The molecular weight excluding hydrogens is 200 g/mol. The van der Waals surface area contributed by atoms with Crippen LogP contribution in [-0.2, 0) is 18.9 Å². The van der Waals surface area contributed by atoms with Gasteiger partial charge in [-0.1, -0.05) is 0 Å². The number of hydrogen-bond acceptors (Lipinski definition) is 5. The average molecular weight is 222 g/mol. The number of aliphatic hydroxyl groups is 1. The second-order valence-electron chi connectivity index (χ2n) is 2.75. The predicted molar refractivity (Wildman–Crippen MR) is 55.8 cm³/mol. The Kier molecular flexibility index (Phi) is 11.7. The van der Waals surface area contributed by atoms with E-state index in [1.54, 1.807) is 0 Å². The maximum Gasteiger partial charge on any atom is 0.180 e. The van der Waals surface area contributed by atoms with Gasteiger partial charge >= 0.3 is 0 Å². The van der Waals surface area contributed by atoms with Crippen molar-refractivity contribution in [3.8, 4) is 0 Å². The van der Waals surface area contributed by atoms with Crippen LogP contribution in [0.5, 0.6) is 0 Å². The highest BCUT2D eigenvalue weighted by Gasteiger charge is 2.05. The Morgan fingerprint density at radius 1 is 0.867 bits per heavy atom. The van der Waals surface area contributed by atoms with Crippen LogP contribution in [0.15, 0.2) is 0 Å². The molecule has 0 aliphatic carbocycles. The van der Waals surface area contributed by atoms with Crippen LogP contribution in [0.2, 0.25) is 0 Å². The summed E-state index contributed by atoms with van der Waals surface area (Å²) >= 11 is 0. The predicted octanol–water partition coefficient (Wildman–Crippen LogP) is 0.411. The topological polar surface area (TPSA) is 57.2 Å². The van der Waals surface area contributed by atoms with Crippen LogP contribution in [-0.4, -0.2) is 57.6 Å². The summed E-state index contributed by atoms with van der Waals surface area (Å²) in [7, 11) is 0. The van der Waals surface area contributed by atoms with Crippen LogP contribution in [0.25, 0.3) is 0 Å². The van der Waals surface area contributed by atoms with Crippen molar-refractivity contribution >= 4 is 0 Å². The lowest BCUT2D eigenvalue weighted by Gasteiger charge is -2.14. The Morgan fingerprint density at radius 3 is 2.13 bits per heavy atom. The highest BCUT2D eigenvalue weighted by Crippen LogP contribution is 1.93. The second kappa shape index (κ2) is 11.9. The van der Waals surface area contributed by atoms with Crippen molar-refractivity contribution in [1.82, 2.24) is 0 Å². The van der Waals surface area contributed by atoms with Gasteiger partial charge in [0.05, 0.1) is 33.0 Å². The quantitative estimate of drug-likeness (QED) is 0.405. The Hall–Kier alpha value is -0.200. The van der Waals surface area contributed by atoms with E-state index in [0.717, 1.165) is 0 Å². The molecule has 0 fully saturated rings. The van der Waals surface area contributed by atoms with Gasteiger partial charge in [-0.15, -0.1) is 0 Å². The van der Waals surface area contributed by atoms with Gasteiger partial charge in [0.2, 0.25) is 0 Å². The fraction of sp³-hybridized carbons (Fsp3) is 1.00. The number of rotatable bonds is 11. The van der Waals surface area contributed by atoms with Crippen LogP contribution < -0.4 is 0 Å². The molecule has 0 saturated heterocycles. The Morgan fingerprint density at radius 2 is 1.53 bits per heavy atom. The minimum Gasteiger partial charge on any atom is -0.391 e. The molecule has 92 valence electrons. The van der Waals surface area contributed by atoms with Gasteiger partial charge in [-0.25, -0.2) is 0 Å². The maximum atomic E-state index is 8.82. The minimum absolute atomic E-state index is 0.132.